The van der Waals surface area contributed by atoms with Crippen LogP contribution in [0.15, 0.2) is 54.6 Å². The summed E-state index contributed by atoms with van der Waals surface area (Å²) in [5.74, 6) is 0.435. The molecule has 0 N–H and O–H groups in total. The Morgan fingerprint density at radius 3 is 2.43 bits per heavy atom. The molecule has 0 atom stereocenters. The number of benzene rings is 2. The predicted octanol–water partition coefficient (Wildman–Crippen LogP) is 3.08. The van der Waals surface area contributed by atoms with Crippen LogP contribution < -0.4 is 4.90 Å². The van der Waals surface area contributed by atoms with Gasteiger partial charge in [0, 0.05) is 45.8 Å². The van der Waals surface area contributed by atoms with Gasteiger partial charge in [0.2, 0.25) is 5.91 Å². The first-order chi connectivity index (χ1) is 13.8. The molecule has 0 bridgehead atoms. The lowest BCUT2D eigenvalue weighted by molar-refractivity contribution is -0.138. The lowest BCUT2D eigenvalue weighted by Crippen LogP contribution is -2.57. The monoisotopic (exact) mass is 392 g/mol. The molecular weight excluding hydrogens is 368 g/mol. The highest BCUT2D eigenvalue weighted by atomic mass is 32.1. The van der Waals surface area contributed by atoms with Crippen molar-refractivity contribution in [1.82, 2.24) is 14.8 Å². The van der Waals surface area contributed by atoms with Gasteiger partial charge in [-0.3, -0.25) is 9.69 Å². The van der Waals surface area contributed by atoms with Gasteiger partial charge >= 0.3 is 0 Å². The van der Waals surface area contributed by atoms with Crippen LogP contribution in [0.5, 0.6) is 0 Å². The van der Waals surface area contributed by atoms with Crippen LogP contribution in [0.1, 0.15) is 5.56 Å². The smallest absolute Gasteiger partial charge is 0.229 e. The van der Waals surface area contributed by atoms with E-state index in [4.69, 9.17) is 4.98 Å². The maximum Gasteiger partial charge on any atom is 0.229 e. The topological polar surface area (TPSA) is 39.7 Å². The molecule has 144 valence electrons. The Kier molecular flexibility index (Phi) is 4.74. The number of aromatic nitrogens is 1. The quantitative estimate of drug-likeness (QED) is 0.684. The fourth-order valence-corrected chi connectivity index (χ4v) is 5.00. The zero-order chi connectivity index (χ0) is 18.9. The number of nitrogens with zero attached hydrogens (tertiary/aromatic N) is 4. The largest absolute Gasteiger partial charge is 0.346 e. The van der Waals surface area contributed by atoms with Crippen LogP contribution in [0.3, 0.4) is 0 Å². The van der Waals surface area contributed by atoms with Crippen LogP contribution in [-0.2, 0) is 11.3 Å². The van der Waals surface area contributed by atoms with E-state index in [1.807, 2.05) is 18.2 Å². The van der Waals surface area contributed by atoms with Crippen molar-refractivity contribution < 1.29 is 4.79 Å². The molecule has 2 aliphatic heterocycles. The number of hydrogen-bond donors (Lipinski definition) is 0. The van der Waals surface area contributed by atoms with Gasteiger partial charge in [-0.2, -0.15) is 0 Å². The molecule has 2 aliphatic rings. The minimum atomic E-state index is 0.118. The third kappa shape index (κ3) is 3.50. The van der Waals surface area contributed by atoms with Crippen molar-refractivity contribution in [3.05, 3.63) is 60.2 Å². The molecule has 0 aliphatic carbocycles. The summed E-state index contributed by atoms with van der Waals surface area (Å²) in [4.78, 5) is 24.3. The Bertz CT molecular complexity index is 926. The zero-order valence-electron chi connectivity index (χ0n) is 15.8. The van der Waals surface area contributed by atoms with Gasteiger partial charge in [0.25, 0.3) is 0 Å². The SMILES string of the molecule is O=C(C1CN(c2nc3ccccc3s2)C1)N1CCN(Cc2ccccc2)CC1. The van der Waals surface area contributed by atoms with Crippen LogP contribution in [0.4, 0.5) is 5.13 Å². The summed E-state index contributed by atoms with van der Waals surface area (Å²) in [5, 5.41) is 1.04. The van der Waals surface area contributed by atoms with Gasteiger partial charge in [-0.15, -0.1) is 0 Å². The molecule has 2 fully saturated rings. The average molecular weight is 393 g/mol. The van der Waals surface area contributed by atoms with Crippen LogP contribution in [0.25, 0.3) is 10.2 Å². The van der Waals surface area contributed by atoms with E-state index in [1.165, 1.54) is 10.3 Å². The summed E-state index contributed by atoms with van der Waals surface area (Å²) in [6.07, 6.45) is 0. The fourth-order valence-electron chi connectivity index (χ4n) is 4.01. The molecule has 2 aromatic carbocycles. The highest BCUT2D eigenvalue weighted by Gasteiger charge is 2.37. The van der Waals surface area contributed by atoms with E-state index in [0.717, 1.165) is 56.5 Å². The Hall–Kier alpha value is -2.44. The van der Waals surface area contributed by atoms with Gasteiger partial charge in [-0.1, -0.05) is 53.8 Å². The Morgan fingerprint density at radius 2 is 1.68 bits per heavy atom. The number of fused-ring (bicyclic) bond motifs is 1. The Labute approximate surface area is 169 Å². The van der Waals surface area contributed by atoms with Crippen LogP contribution in [0, 0.1) is 5.92 Å². The molecule has 0 unspecified atom stereocenters. The van der Waals surface area contributed by atoms with Gasteiger partial charge in [0.15, 0.2) is 5.13 Å². The van der Waals surface area contributed by atoms with Crippen molar-refractivity contribution in [3.63, 3.8) is 0 Å². The number of carbonyl (C=O) groups is 1. The molecule has 6 heteroatoms. The van der Waals surface area contributed by atoms with Crippen molar-refractivity contribution in [1.29, 1.82) is 0 Å². The fraction of sp³-hybridized carbons (Fsp3) is 0.364. The summed E-state index contributed by atoms with van der Waals surface area (Å²) in [6, 6.07) is 18.8. The lowest BCUT2D eigenvalue weighted by Gasteiger charge is -2.42. The standard InChI is InChI=1S/C22H24N4OS/c27-21(25-12-10-24(11-13-25)14-17-6-2-1-3-7-17)18-15-26(16-18)22-23-19-8-4-5-9-20(19)28-22/h1-9,18H,10-16H2. The second-order valence-corrected chi connectivity index (χ2v) is 8.66. The molecule has 0 spiro atoms. The van der Waals surface area contributed by atoms with Crippen LogP contribution in [-0.4, -0.2) is 60.0 Å². The summed E-state index contributed by atoms with van der Waals surface area (Å²) in [5.41, 5.74) is 2.39. The molecule has 0 radical (unpaired) electrons. The molecule has 2 saturated heterocycles. The molecule has 5 rings (SSSR count). The highest BCUT2D eigenvalue weighted by Crippen LogP contribution is 2.33. The van der Waals surface area contributed by atoms with E-state index in [0.29, 0.717) is 5.91 Å². The molecule has 3 heterocycles. The lowest BCUT2D eigenvalue weighted by atomic mass is 9.99. The number of thiazole rings is 1. The number of anilines is 1. The van der Waals surface area contributed by atoms with Crippen molar-refractivity contribution in [2.75, 3.05) is 44.2 Å². The predicted molar refractivity (Wildman–Crippen MR) is 114 cm³/mol. The number of carbonyl (C=O) groups excluding carboxylic acids is 1. The normalized spacial score (nSPS) is 18.4. The first-order valence-corrected chi connectivity index (χ1v) is 10.7. The number of amides is 1. The van der Waals surface area contributed by atoms with Gasteiger partial charge in [-0.25, -0.2) is 4.98 Å². The summed E-state index contributed by atoms with van der Waals surface area (Å²) in [7, 11) is 0. The number of rotatable bonds is 4. The average Bonchev–Trinajstić information content (AvgIpc) is 3.11. The minimum absolute atomic E-state index is 0.118. The van der Waals surface area contributed by atoms with Gasteiger partial charge in [0.05, 0.1) is 16.1 Å². The summed E-state index contributed by atoms with van der Waals surface area (Å²) in [6.45, 7) is 6.14. The Balaban J connectivity index is 1.12. The molecule has 5 nitrogen and oxygen atoms in total. The van der Waals surface area contributed by atoms with Crippen molar-refractivity contribution in [2.45, 2.75) is 6.54 Å². The minimum Gasteiger partial charge on any atom is -0.346 e. The molecule has 28 heavy (non-hydrogen) atoms. The third-order valence-electron chi connectivity index (χ3n) is 5.72. The number of hydrogen-bond acceptors (Lipinski definition) is 5. The van der Waals surface area contributed by atoms with Gasteiger partial charge < -0.3 is 9.80 Å². The molecule has 0 saturated carbocycles. The Morgan fingerprint density at radius 1 is 0.964 bits per heavy atom. The van der Waals surface area contributed by atoms with Crippen LogP contribution >= 0.6 is 11.3 Å². The highest BCUT2D eigenvalue weighted by molar-refractivity contribution is 7.22. The maximum atomic E-state index is 12.9. The number of para-hydroxylation sites is 1. The van der Waals surface area contributed by atoms with Gasteiger partial charge in [-0.05, 0) is 17.7 Å². The first kappa shape index (κ1) is 17.6. The van der Waals surface area contributed by atoms with Crippen molar-refractivity contribution >= 4 is 32.6 Å². The van der Waals surface area contributed by atoms with E-state index in [9.17, 15) is 4.79 Å². The molecule has 1 amide bonds. The van der Waals surface area contributed by atoms with Crippen LogP contribution in [0.2, 0.25) is 0 Å². The maximum absolute atomic E-state index is 12.9. The number of piperazine rings is 1. The zero-order valence-corrected chi connectivity index (χ0v) is 16.6. The molecular formula is C22H24N4OS. The van der Waals surface area contributed by atoms with E-state index < -0.39 is 0 Å². The van der Waals surface area contributed by atoms with E-state index >= 15 is 0 Å². The summed E-state index contributed by atoms with van der Waals surface area (Å²) < 4.78 is 1.21. The van der Waals surface area contributed by atoms with E-state index in [2.05, 4.69) is 51.1 Å². The first-order valence-electron chi connectivity index (χ1n) is 9.92. The second-order valence-electron chi connectivity index (χ2n) is 7.65. The van der Waals surface area contributed by atoms with Crippen molar-refractivity contribution in [2.24, 2.45) is 5.92 Å². The van der Waals surface area contributed by atoms with Crippen molar-refractivity contribution in [3.8, 4) is 0 Å². The third-order valence-corrected chi connectivity index (χ3v) is 6.81. The second kappa shape index (κ2) is 7.53. The van der Waals surface area contributed by atoms with E-state index in [-0.39, 0.29) is 5.92 Å². The molecule has 1 aromatic heterocycles. The van der Waals surface area contributed by atoms with E-state index in [1.54, 1.807) is 11.3 Å². The summed E-state index contributed by atoms with van der Waals surface area (Å²) >= 11 is 1.71. The van der Waals surface area contributed by atoms with Gasteiger partial charge in [0.1, 0.15) is 0 Å². The molecule has 3 aromatic rings.